The molecule has 0 fully saturated rings. The summed E-state index contributed by atoms with van der Waals surface area (Å²) in [4.78, 5) is 0. The average molecular weight is 222 g/mol. The Morgan fingerprint density at radius 2 is 2.19 bits per heavy atom. The SMILES string of the molecule is N#Cc1cccc(CNCCCCO)c1F. The Hall–Kier alpha value is -1.44. The van der Waals surface area contributed by atoms with Crippen molar-refractivity contribution in [3.05, 3.63) is 35.1 Å². The van der Waals surface area contributed by atoms with Crippen LogP contribution in [0, 0.1) is 17.1 Å². The van der Waals surface area contributed by atoms with Gasteiger partial charge in [-0.1, -0.05) is 12.1 Å². The molecule has 86 valence electrons. The molecule has 0 atom stereocenters. The smallest absolute Gasteiger partial charge is 0.145 e. The topological polar surface area (TPSA) is 56.0 Å². The summed E-state index contributed by atoms with van der Waals surface area (Å²) in [5.41, 5.74) is 0.581. The van der Waals surface area contributed by atoms with Crippen molar-refractivity contribution in [1.82, 2.24) is 5.32 Å². The van der Waals surface area contributed by atoms with E-state index in [-0.39, 0.29) is 12.2 Å². The number of halogens is 1. The summed E-state index contributed by atoms with van der Waals surface area (Å²) in [6, 6.07) is 6.61. The number of hydrogen-bond donors (Lipinski definition) is 2. The van der Waals surface area contributed by atoms with Gasteiger partial charge < -0.3 is 10.4 Å². The number of nitrogens with one attached hydrogen (secondary N) is 1. The monoisotopic (exact) mass is 222 g/mol. The van der Waals surface area contributed by atoms with E-state index in [4.69, 9.17) is 10.4 Å². The van der Waals surface area contributed by atoms with Crippen LogP contribution in [0.5, 0.6) is 0 Å². The van der Waals surface area contributed by atoms with Crippen LogP contribution in [0.15, 0.2) is 18.2 Å². The molecule has 1 rings (SSSR count). The molecule has 0 bridgehead atoms. The third kappa shape index (κ3) is 3.61. The molecule has 0 saturated carbocycles. The van der Waals surface area contributed by atoms with Gasteiger partial charge in [-0.15, -0.1) is 0 Å². The van der Waals surface area contributed by atoms with Gasteiger partial charge in [0, 0.05) is 18.7 Å². The zero-order valence-corrected chi connectivity index (χ0v) is 9.04. The summed E-state index contributed by atoms with van der Waals surface area (Å²) in [6.07, 6.45) is 1.60. The van der Waals surface area contributed by atoms with Crippen LogP contribution >= 0.6 is 0 Å². The number of rotatable bonds is 6. The maximum absolute atomic E-state index is 13.5. The molecule has 0 unspecified atom stereocenters. The first-order chi connectivity index (χ1) is 7.79. The van der Waals surface area contributed by atoms with E-state index in [1.807, 2.05) is 6.07 Å². The van der Waals surface area contributed by atoms with Crippen LogP contribution in [0.4, 0.5) is 4.39 Å². The Labute approximate surface area is 94.5 Å². The summed E-state index contributed by atoms with van der Waals surface area (Å²) < 4.78 is 13.5. The fraction of sp³-hybridized carbons (Fsp3) is 0.417. The predicted octanol–water partition coefficient (Wildman–Crippen LogP) is 1.56. The normalized spacial score (nSPS) is 10.1. The molecule has 0 heterocycles. The van der Waals surface area contributed by atoms with Crippen LogP contribution in [0.1, 0.15) is 24.0 Å². The number of unbranched alkanes of at least 4 members (excludes halogenated alkanes) is 1. The van der Waals surface area contributed by atoms with E-state index in [1.165, 1.54) is 6.07 Å². The van der Waals surface area contributed by atoms with Gasteiger partial charge in [0.25, 0.3) is 0 Å². The minimum atomic E-state index is -0.445. The summed E-state index contributed by atoms with van der Waals surface area (Å²) >= 11 is 0. The lowest BCUT2D eigenvalue weighted by Gasteiger charge is -2.06. The van der Waals surface area contributed by atoms with Crippen LogP contribution in [0.2, 0.25) is 0 Å². The van der Waals surface area contributed by atoms with E-state index in [2.05, 4.69) is 5.32 Å². The highest BCUT2D eigenvalue weighted by molar-refractivity contribution is 5.34. The second-order valence-corrected chi connectivity index (χ2v) is 3.50. The van der Waals surface area contributed by atoms with Gasteiger partial charge in [-0.3, -0.25) is 0 Å². The van der Waals surface area contributed by atoms with Crippen molar-refractivity contribution in [2.45, 2.75) is 19.4 Å². The van der Waals surface area contributed by atoms with Gasteiger partial charge >= 0.3 is 0 Å². The Bertz CT molecular complexity index is 374. The molecule has 0 saturated heterocycles. The highest BCUT2D eigenvalue weighted by Crippen LogP contribution is 2.11. The number of nitriles is 1. The second-order valence-electron chi connectivity index (χ2n) is 3.50. The lowest BCUT2D eigenvalue weighted by molar-refractivity contribution is 0.283. The average Bonchev–Trinajstić information content (AvgIpc) is 2.31. The largest absolute Gasteiger partial charge is 0.396 e. The second kappa shape index (κ2) is 6.94. The predicted molar refractivity (Wildman–Crippen MR) is 59.1 cm³/mol. The van der Waals surface area contributed by atoms with E-state index in [9.17, 15) is 4.39 Å². The number of aliphatic hydroxyl groups excluding tert-OH is 1. The minimum absolute atomic E-state index is 0.0784. The Kier molecular flexibility index (Phi) is 5.48. The van der Waals surface area contributed by atoms with E-state index >= 15 is 0 Å². The highest BCUT2D eigenvalue weighted by atomic mass is 19.1. The van der Waals surface area contributed by atoms with Crippen molar-refractivity contribution < 1.29 is 9.50 Å². The summed E-state index contributed by atoms with van der Waals surface area (Å²) in [5.74, 6) is -0.445. The molecule has 1 aromatic rings. The van der Waals surface area contributed by atoms with E-state index < -0.39 is 5.82 Å². The molecule has 0 aliphatic heterocycles. The van der Waals surface area contributed by atoms with E-state index in [0.717, 1.165) is 19.4 Å². The summed E-state index contributed by atoms with van der Waals surface area (Å²) in [6.45, 7) is 1.32. The van der Waals surface area contributed by atoms with Gasteiger partial charge in [0.15, 0.2) is 0 Å². The van der Waals surface area contributed by atoms with Crippen LogP contribution in [0.25, 0.3) is 0 Å². The molecule has 0 aliphatic carbocycles. The molecule has 2 N–H and O–H groups in total. The molecule has 0 spiro atoms. The van der Waals surface area contributed by atoms with Gasteiger partial charge in [0.1, 0.15) is 11.9 Å². The molecule has 4 heteroatoms. The highest BCUT2D eigenvalue weighted by Gasteiger charge is 2.06. The van der Waals surface area contributed by atoms with Crippen molar-refractivity contribution in [2.24, 2.45) is 0 Å². The van der Waals surface area contributed by atoms with E-state index in [1.54, 1.807) is 12.1 Å². The maximum atomic E-state index is 13.5. The molecule has 0 aromatic heterocycles. The third-order valence-corrected chi connectivity index (χ3v) is 2.28. The zero-order chi connectivity index (χ0) is 11.8. The molecule has 16 heavy (non-hydrogen) atoms. The van der Waals surface area contributed by atoms with Crippen LogP contribution in [0.3, 0.4) is 0 Å². The molecular weight excluding hydrogens is 207 g/mol. The van der Waals surface area contributed by atoms with Crippen molar-refractivity contribution >= 4 is 0 Å². The first kappa shape index (κ1) is 12.6. The van der Waals surface area contributed by atoms with Crippen LogP contribution in [-0.4, -0.2) is 18.3 Å². The van der Waals surface area contributed by atoms with Gasteiger partial charge in [-0.2, -0.15) is 5.26 Å². The molecule has 3 nitrogen and oxygen atoms in total. The summed E-state index contributed by atoms with van der Waals surface area (Å²) in [5, 5.41) is 20.3. The fourth-order valence-corrected chi connectivity index (χ4v) is 1.39. The number of benzene rings is 1. The Morgan fingerprint density at radius 3 is 2.88 bits per heavy atom. The van der Waals surface area contributed by atoms with Crippen molar-refractivity contribution in [1.29, 1.82) is 5.26 Å². The quantitative estimate of drug-likeness (QED) is 0.718. The minimum Gasteiger partial charge on any atom is -0.396 e. The first-order valence-corrected chi connectivity index (χ1v) is 5.28. The first-order valence-electron chi connectivity index (χ1n) is 5.28. The van der Waals surface area contributed by atoms with Crippen LogP contribution < -0.4 is 5.32 Å². The van der Waals surface area contributed by atoms with Gasteiger partial charge in [-0.25, -0.2) is 4.39 Å². The standard InChI is InChI=1S/C12H15FN2O/c13-12-10(8-14)4-3-5-11(12)9-15-6-1-2-7-16/h3-5,15-16H,1-2,6-7,9H2. The fourth-order valence-electron chi connectivity index (χ4n) is 1.39. The Morgan fingerprint density at radius 1 is 1.38 bits per heavy atom. The van der Waals surface area contributed by atoms with Crippen molar-refractivity contribution in [3.8, 4) is 6.07 Å². The molecule has 0 amide bonds. The van der Waals surface area contributed by atoms with Crippen molar-refractivity contribution in [3.63, 3.8) is 0 Å². The molecule has 1 aromatic carbocycles. The van der Waals surface area contributed by atoms with Gasteiger partial charge in [0.05, 0.1) is 5.56 Å². The zero-order valence-electron chi connectivity index (χ0n) is 9.04. The number of hydrogen-bond acceptors (Lipinski definition) is 3. The molecule has 0 radical (unpaired) electrons. The maximum Gasteiger partial charge on any atom is 0.145 e. The lowest BCUT2D eigenvalue weighted by atomic mass is 10.1. The van der Waals surface area contributed by atoms with Gasteiger partial charge in [-0.05, 0) is 25.5 Å². The van der Waals surface area contributed by atoms with Gasteiger partial charge in [0.2, 0.25) is 0 Å². The lowest BCUT2D eigenvalue weighted by Crippen LogP contribution is -2.16. The molecular formula is C12H15FN2O. The Balaban J connectivity index is 2.45. The van der Waals surface area contributed by atoms with Crippen molar-refractivity contribution in [2.75, 3.05) is 13.2 Å². The summed E-state index contributed by atoms with van der Waals surface area (Å²) in [7, 11) is 0. The number of nitrogens with zero attached hydrogens (tertiary/aromatic N) is 1. The van der Waals surface area contributed by atoms with E-state index in [0.29, 0.717) is 12.1 Å². The number of aliphatic hydroxyl groups is 1. The third-order valence-electron chi connectivity index (χ3n) is 2.28. The molecule has 0 aliphatic rings. The van der Waals surface area contributed by atoms with Crippen LogP contribution in [-0.2, 0) is 6.54 Å².